The lowest BCUT2D eigenvalue weighted by Crippen LogP contribution is -1.94. The first-order chi connectivity index (χ1) is 11.1. The number of halogens is 3. The number of para-hydroxylation sites is 2. The number of thiazole rings is 1. The van der Waals surface area contributed by atoms with Crippen LogP contribution in [-0.4, -0.2) is 12.1 Å². The number of nitrogens with zero attached hydrogens (tertiary/aromatic N) is 1. The van der Waals surface area contributed by atoms with E-state index in [1.165, 1.54) is 23.5 Å². The molecule has 0 saturated carbocycles. The highest BCUT2D eigenvalue weighted by Crippen LogP contribution is 2.35. The molecule has 0 fully saturated rings. The number of aromatic nitrogens is 1. The van der Waals surface area contributed by atoms with E-state index in [1.807, 2.05) is 24.3 Å². The summed E-state index contributed by atoms with van der Waals surface area (Å²) in [6.07, 6.45) is 0. The number of hydrogen-bond donors (Lipinski definition) is 1. The van der Waals surface area contributed by atoms with Gasteiger partial charge in [0.25, 0.3) is 0 Å². The third-order valence-electron chi connectivity index (χ3n) is 3.14. The van der Waals surface area contributed by atoms with Gasteiger partial charge in [-0.15, -0.1) is 11.3 Å². The Balaban J connectivity index is 1.91. The van der Waals surface area contributed by atoms with E-state index in [0.29, 0.717) is 27.2 Å². The van der Waals surface area contributed by atoms with Gasteiger partial charge in [-0.05, 0) is 24.3 Å². The zero-order chi connectivity index (χ0) is 16.4. The highest BCUT2D eigenvalue weighted by molar-refractivity contribution is 7.14. The van der Waals surface area contributed by atoms with Crippen molar-refractivity contribution in [2.75, 3.05) is 12.4 Å². The summed E-state index contributed by atoms with van der Waals surface area (Å²) in [6.45, 7) is 0. The lowest BCUT2D eigenvalue weighted by molar-refractivity contribution is 0.417. The van der Waals surface area contributed by atoms with E-state index in [0.717, 1.165) is 5.69 Å². The lowest BCUT2D eigenvalue weighted by Gasteiger charge is -2.08. The normalized spacial score (nSPS) is 10.6. The summed E-state index contributed by atoms with van der Waals surface area (Å²) in [6, 6.07) is 10.2. The SMILES string of the molecule is COc1ccccc1Nc1nc(-c2cc(F)c(Cl)cc2Cl)cs1. The third-order valence-corrected chi connectivity index (χ3v) is 4.50. The molecule has 3 aromatic rings. The van der Waals surface area contributed by atoms with Gasteiger partial charge in [-0.2, -0.15) is 0 Å². The summed E-state index contributed by atoms with van der Waals surface area (Å²) in [5.41, 5.74) is 1.87. The van der Waals surface area contributed by atoms with E-state index in [2.05, 4.69) is 10.3 Å². The second kappa shape index (κ2) is 6.74. The monoisotopic (exact) mass is 368 g/mol. The van der Waals surface area contributed by atoms with Gasteiger partial charge in [0.1, 0.15) is 11.6 Å². The Morgan fingerprint density at radius 1 is 1.17 bits per heavy atom. The molecule has 7 heteroatoms. The molecule has 0 amide bonds. The van der Waals surface area contributed by atoms with E-state index in [4.69, 9.17) is 27.9 Å². The van der Waals surface area contributed by atoms with Crippen LogP contribution >= 0.6 is 34.5 Å². The van der Waals surface area contributed by atoms with Gasteiger partial charge in [0, 0.05) is 10.9 Å². The van der Waals surface area contributed by atoms with E-state index in [1.54, 1.807) is 12.5 Å². The Morgan fingerprint density at radius 2 is 1.96 bits per heavy atom. The van der Waals surface area contributed by atoms with Gasteiger partial charge in [0.2, 0.25) is 0 Å². The maximum atomic E-state index is 13.7. The number of rotatable bonds is 4. The minimum absolute atomic E-state index is 0.0126. The van der Waals surface area contributed by atoms with Gasteiger partial charge in [0.05, 0.1) is 28.5 Å². The largest absolute Gasteiger partial charge is 0.495 e. The molecule has 2 aromatic carbocycles. The Kier molecular flexibility index (Phi) is 4.71. The number of ether oxygens (including phenoxy) is 1. The van der Waals surface area contributed by atoms with Crippen molar-refractivity contribution in [2.24, 2.45) is 0 Å². The Morgan fingerprint density at radius 3 is 2.74 bits per heavy atom. The van der Waals surface area contributed by atoms with Crippen LogP contribution in [-0.2, 0) is 0 Å². The Bertz CT molecular complexity index is 854. The lowest BCUT2D eigenvalue weighted by atomic mass is 10.2. The van der Waals surface area contributed by atoms with Crippen molar-refractivity contribution in [1.29, 1.82) is 0 Å². The van der Waals surface area contributed by atoms with Crippen LogP contribution in [0.25, 0.3) is 11.3 Å². The molecule has 118 valence electrons. The molecule has 0 aliphatic heterocycles. The fourth-order valence-electron chi connectivity index (χ4n) is 2.04. The number of methoxy groups -OCH3 is 1. The molecule has 0 radical (unpaired) electrons. The minimum atomic E-state index is -0.529. The van der Waals surface area contributed by atoms with Crippen molar-refractivity contribution in [2.45, 2.75) is 0 Å². The van der Waals surface area contributed by atoms with Crippen LogP contribution in [0.1, 0.15) is 0 Å². The van der Waals surface area contributed by atoms with Gasteiger partial charge < -0.3 is 10.1 Å². The van der Waals surface area contributed by atoms with E-state index in [9.17, 15) is 4.39 Å². The van der Waals surface area contributed by atoms with Gasteiger partial charge in [-0.3, -0.25) is 0 Å². The molecular formula is C16H11Cl2FN2OS. The first-order valence-corrected chi connectivity index (χ1v) is 8.22. The second-order valence-electron chi connectivity index (χ2n) is 4.61. The summed E-state index contributed by atoms with van der Waals surface area (Å²) in [7, 11) is 1.60. The molecule has 0 aliphatic carbocycles. The first kappa shape index (κ1) is 16.1. The van der Waals surface area contributed by atoms with Crippen LogP contribution in [0.3, 0.4) is 0 Å². The second-order valence-corrected chi connectivity index (χ2v) is 6.28. The average Bonchev–Trinajstić information content (AvgIpc) is 2.99. The molecule has 0 atom stereocenters. The van der Waals surface area contributed by atoms with Crippen molar-refractivity contribution in [1.82, 2.24) is 4.98 Å². The quantitative estimate of drug-likeness (QED) is 0.572. The minimum Gasteiger partial charge on any atom is -0.495 e. The van der Waals surface area contributed by atoms with Gasteiger partial charge in [0.15, 0.2) is 5.13 Å². The predicted molar refractivity (Wildman–Crippen MR) is 93.8 cm³/mol. The van der Waals surface area contributed by atoms with Crippen molar-refractivity contribution >= 4 is 45.4 Å². The topological polar surface area (TPSA) is 34.1 Å². The molecule has 1 heterocycles. The van der Waals surface area contributed by atoms with Crippen LogP contribution in [0.2, 0.25) is 10.0 Å². The van der Waals surface area contributed by atoms with Crippen LogP contribution in [0.4, 0.5) is 15.2 Å². The van der Waals surface area contributed by atoms with Crippen LogP contribution in [0, 0.1) is 5.82 Å². The molecule has 0 spiro atoms. The summed E-state index contributed by atoms with van der Waals surface area (Å²) in [5.74, 6) is 0.179. The van der Waals surface area contributed by atoms with Crippen LogP contribution in [0.5, 0.6) is 5.75 Å². The molecule has 0 aliphatic rings. The molecule has 0 bridgehead atoms. The van der Waals surface area contributed by atoms with Crippen LogP contribution < -0.4 is 10.1 Å². The van der Waals surface area contributed by atoms with Crippen molar-refractivity contribution in [3.63, 3.8) is 0 Å². The molecule has 1 aromatic heterocycles. The zero-order valence-corrected chi connectivity index (χ0v) is 14.3. The summed E-state index contributed by atoms with van der Waals surface area (Å²) in [5, 5.41) is 5.97. The fraction of sp³-hybridized carbons (Fsp3) is 0.0625. The van der Waals surface area contributed by atoms with Gasteiger partial charge in [-0.25, -0.2) is 9.37 Å². The zero-order valence-electron chi connectivity index (χ0n) is 11.9. The van der Waals surface area contributed by atoms with E-state index in [-0.39, 0.29) is 5.02 Å². The number of anilines is 2. The third kappa shape index (κ3) is 3.42. The molecule has 3 nitrogen and oxygen atoms in total. The fourth-order valence-corrected chi connectivity index (χ4v) is 3.24. The summed E-state index contributed by atoms with van der Waals surface area (Å²) < 4.78 is 18.9. The van der Waals surface area contributed by atoms with E-state index >= 15 is 0 Å². The predicted octanol–water partition coefficient (Wildman–Crippen LogP) is 6.01. The Hall–Kier alpha value is -1.82. The van der Waals surface area contributed by atoms with Crippen molar-refractivity contribution in [3.8, 4) is 17.0 Å². The number of hydrogen-bond acceptors (Lipinski definition) is 4. The Labute approximate surface area is 146 Å². The van der Waals surface area contributed by atoms with Gasteiger partial charge in [-0.1, -0.05) is 35.3 Å². The standard InChI is InChI=1S/C16H11Cl2FN2OS/c1-22-15-5-3-2-4-13(15)20-16-21-14(8-23-16)9-6-12(19)11(18)7-10(9)17/h2-8H,1H3,(H,20,21). The van der Waals surface area contributed by atoms with Gasteiger partial charge >= 0.3 is 0 Å². The molecule has 3 rings (SSSR count). The molecule has 0 unspecified atom stereocenters. The first-order valence-electron chi connectivity index (χ1n) is 6.59. The highest BCUT2D eigenvalue weighted by Gasteiger charge is 2.13. The maximum absolute atomic E-state index is 13.7. The maximum Gasteiger partial charge on any atom is 0.187 e. The van der Waals surface area contributed by atoms with Crippen molar-refractivity contribution in [3.05, 3.63) is 57.6 Å². The smallest absolute Gasteiger partial charge is 0.187 e. The summed E-state index contributed by atoms with van der Waals surface area (Å²) in [4.78, 5) is 4.44. The molecular weight excluding hydrogens is 358 g/mol. The van der Waals surface area contributed by atoms with Crippen molar-refractivity contribution < 1.29 is 9.13 Å². The molecule has 1 N–H and O–H groups in total. The highest BCUT2D eigenvalue weighted by atomic mass is 35.5. The molecule has 23 heavy (non-hydrogen) atoms. The summed E-state index contributed by atoms with van der Waals surface area (Å²) >= 11 is 13.2. The number of nitrogens with one attached hydrogen (secondary N) is 1. The molecule has 0 saturated heterocycles. The van der Waals surface area contributed by atoms with E-state index < -0.39 is 5.82 Å². The average molecular weight is 369 g/mol. The number of benzene rings is 2. The van der Waals surface area contributed by atoms with Crippen LogP contribution in [0.15, 0.2) is 41.8 Å².